The lowest BCUT2D eigenvalue weighted by Crippen LogP contribution is -2.10. The van der Waals surface area contributed by atoms with E-state index in [0.717, 1.165) is 22.0 Å². The van der Waals surface area contributed by atoms with E-state index in [1.807, 2.05) is 6.92 Å². The minimum Gasteiger partial charge on any atom is -0.348 e. The highest BCUT2D eigenvalue weighted by Gasteiger charge is 2.11. The van der Waals surface area contributed by atoms with Crippen molar-refractivity contribution in [3.05, 3.63) is 23.8 Å². The van der Waals surface area contributed by atoms with Gasteiger partial charge in [-0.05, 0) is 31.4 Å². The third-order valence-corrected chi connectivity index (χ3v) is 3.31. The zero-order valence-corrected chi connectivity index (χ0v) is 10.3. The Balaban J connectivity index is 2.52. The molecule has 2 rings (SSSR count). The van der Waals surface area contributed by atoms with Crippen LogP contribution in [0.25, 0.3) is 0 Å². The van der Waals surface area contributed by atoms with Gasteiger partial charge in [-0.1, -0.05) is 12.2 Å². The number of nitrogens with zero attached hydrogens (tertiary/aromatic N) is 1. The van der Waals surface area contributed by atoms with Gasteiger partial charge < -0.3 is 5.32 Å². The van der Waals surface area contributed by atoms with Gasteiger partial charge in [-0.15, -0.1) is 11.8 Å². The normalized spacial score (nSPS) is 15.1. The average molecular weight is 236 g/mol. The van der Waals surface area contributed by atoms with Crippen LogP contribution < -0.4 is 5.32 Å². The van der Waals surface area contributed by atoms with Gasteiger partial charge in [0, 0.05) is 21.9 Å². The fourth-order valence-corrected chi connectivity index (χ4v) is 2.14. The maximum Gasteiger partial charge on any atom is 0.101 e. The van der Waals surface area contributed by atoms with Crippen LogP contribution in [-0.4, -0.2) is 23.5 Å². The van der Waals surface area contributed by atoms with E-state index in [-0.39, 0.29) is 0 Å². The van der Waals surface area contributed by atoms with Gasteiger partial charge >= 0.3 is 0 Å². The summed E-state index contributed by atoms with van der Waals surface area (Å²) < 4.78 is 0. The molecular formula is C11H12N2S2. The van der Waals surface area contributed by atoms with E-state index >= 15 is 0 Å². The maximum absolute atomic E-state index is 5.16. The molecule has 1 aromatic rings. The van der Waals surface area contributed by atoms with Crippen LogP contribution in [0, 0.1) is 0 Å². The minimum absolute atomic E-state index is 0.588. The molecular weight excluding hydrogens is 224 g/mol. The zero-order chi connectivity index (χ0) is 10.8. The molecule has 0 aliphatic carbocycles. The van der Waals surface area contributed by atoms with Crippen molar-refractivity contribution in [2.24, 2.45) is 4.99 Å². The van der Waals surface area contributed by atoms with Crippen LogP contribution in [0.3, 0.4) is 0 Å². The highest BCUT2D eigenvalue weighted by Crippen LogP contribution is 2.25. The number of hydrogen-bond donors (Lipinski definition) is 1. The first kappa shape index (κ1) is 10.6. The van der Waals surface area contributed by atoms with Crippen molar-refractivity contribution in [1.29, 1.82) is 0 Å². The molecule has 0 radical (unpaired) electrons. The Bertz CT molecular complexity index is 438. The molecule has 0 atom stereocenters. The van der Waals surface area contributed by atoms with Gasteiger partial charge in [0.2, 0.25) is 0 Å². The van der Waals surface area contributed by atoms with Gasteiger partial charge in [0.1, 0.15) is 4.99 Å². The molecule has 0 spiro atoms. The zero-order valence-electron chi connectivity index (χ0n) is 8.70. The first-order chi connectivity index (χ1) is 7.20. The second-order valence-electron chi connectivity index (χ2n) is 3.36. The maximum atomic E-state index is 5.16. The summed E-state index contributed by atoms with van der Waals surface area (Å²) in [6.45, 7) is 2.61. The average Bonchev–Trinajstić information content (AvgIpc) is 2.39. The van der Waals surface area contributed by atoms with Crippen molar-refractivity contribution in [3.8, 4) is 0 Å². The number of nitrogens with one attached hydrogen (secondary N) is 1. The molecule has 0 unspecified atom stereocenters. The first-order valence-corrected chi connectivity index (χ1v) is 6.33. The summed E-state index contributed by atoms with van der Waals surface area (Å²) in [5.41, 5.74) is 3.27. The molecule has 4 heteroatoms. The molecule has 0 fully saturated rings. The number of benzodiazepines with no additional fused rings is 1. The van der Waals surface area contributed by atoms with Crippen molar-refractivity contribution in [3.63, 3.8) is 0 Å². The topological polar surface area (TPSA) is 24.4 Å². The van der Waals surface area contributed by atoms with Crippen molar-refractivity contribution >= 4 is 40.4 Å². The molecule has 0 saturated heterocycles. The summed E-state index contributed by atoms with van der Waals surface area (Å²) in [7, 11) is 0. The summed E-state index contributed by atoms with van der Waals surface area (Å²) >= 11 is 6.89. The van der Waals surface area contributed by atoms with Crippen molar-refractivity contribution in [2.75, 3.05) is 18.1 Å². The lowest BCUT2D eigenvalue weighted by molar-refractivity contribution is 1.31. The second-order valence-corrected chi connectivity index (χ2v) is 4.73. The van der Waals surface area contributed by atoms with Crippen LogP contribution in [0.2, 0.25) is 0 Å². The Morgan fingerprint density at radius 1 is 1.47 bits per heavy atom. The van der Waals surface area contributed by atoms with Crippen LogP contribution >= 0.6 is 24.0 Å². The standard InChI is InChI=1S/C11H12N2S2/c1-7-9-5-8(15-2)3-4-10(9)13-11(14)6-12-7/h3-5H,6H2,1-2H3,(H,13,14). The SMILES string of the molecule is CSc1ccc2c(c1)C(C)=NCC(=S)N2. The summed E-state index contributed by atoms with van der Waals surface area (Å²) in [4.78, 5) is 6.46. The van der Waals surface area contributed by atoms with E-state index in [1.54, 1.807) is 11.8 Å². The molecule has 15 heavy (non-hydrogen) atoms. The smallest absolute Gasteiger partial charge is 0.101 e. The fourth-order valence-electron chi connectivity index (χ4n) is 1.52. The largest absolute Gasteiger partial charge is 0.348 e. The van der Waals surface area contributed by atoms with Crippen molar-refractivity contribution in [1.82, 2.24) is 0 Å². The number of thioether (sulfide) groups is 1. The Hall–Kier alpha value is -0.870. The van der Waals surface area contributed by atoms with Crippen LogP contribution in [0.5, 0.6) is 0 Å². The number of aliphatic imine (C=N–C) groups is 1. The van der Waals surface area contributed by atoms with Gasteiger partial charge in [0.25, 0.3) is 0 Å². The first-order valence-electron chi connectivity index (χ1n) is 4.70. The molecule has 0 saturated carbocycles. The number of fused-ring (bicyclic) bond motifs is 1. The Morgan fingerprint density at radius 3 is 3.00 bits per heavy atom. The van der Waals surface area contributed by atoms with E-state index in [4.69, 9.17) is 12.2 Å². The van der Waals surface area contributed by atoms with E-state index in [9.17, 15) is 0 Å². The Morgan fingerprint density at radius 2 is 2.27 bits per heavy atom. The number of rotatable bonds is 1. The van der Waals surface area contributed by atoms with Crippen molar-refractivity contribution < 1.29 is 0 Å². The van der Waals surface area contributed by atoms with Gasteiger partial charge in [-0.25, -0.2) is 0 Å². The van der Waals surface area contributed by atoms with E-state index in [2.05, 4.69) is 34.8 Å². The molecule has 1 N–H and O–H groups in total. The molecule has 0 bridgehead atoms. The molecule has 2 nitrogen and oxygen atoms in total. The lowest BCUT2D eigenvalue weighted by atomic mass is 10.1. The Kier molecular flexibility index (Phi) is 3.07. The summed E-state index contributed by atoms with van der Waals surface area (Å²) in [6.07, 6.45) is 2.07. The molecule has 1 aliphatic rings. The van der Waals surface area contributed by atoms with Crippen LogP contribution in [0.1, 0.15) is 12.5 Å². The van der Waals surface area contributed by atoms with Gasteiger partial charge in [-0.3, -0.25) is 4.99 Å². The van der Waals surface area contributed by atoms with E-state index < -0.39 is 0 Å². The van der Waals surface area contributed by atoms with Crippen LogP contribution in [-0.2, 0) is 0 Å². The predicted octanol–water partition coefficient (Wildman–Crippen LogP) is 2.97. The Labute approximate surface area is 99.2 Å². The summed E-state index contributed by atoms with van der Waals surface area (Å²) in [5, 5.41) is 3.21. The van der Waals surface area contributed by atoms with Gasteiger partial charge in [0.05, 0.1) is 6.54 Å². The number of anilines is 1. The van der Waals surface area contributed by atoms with Crippen LogP contribution in [0.4, 0.5) is 5.69 Å². The predicted molar refractivity (Wildman–Crippen MR) is 71.5 cm³/mol. The third kappa shape index (κ3) is 2.21. The molecule has 1 aromatic carbocycles. The van der Waals surface area contributed by atoms with Gasteiger partial charge in [0.15, 0.2) is 0 Å². The summed E-state index contributed by atoms with van der Waals surface area (Å²) in [6, 6.07) is 6.31. The van der Waals surface area contributed by atoms with Gasteiger partial charge in [-0.2, -0.15) is 0 Å². The molecule has 0 amide bonds. The molecule has 0 aromatic heterocycles. The van der Waals surface area contributed by atoms with Crippen molar-refractivity contribution in [2.45, 2.75) is 11.8 Å². The monoisotopic (exact) mass is 236 g/mol. The lowest BCUT2D eigenvalue weighted by Gasteiger charge is -2.09. The second kappa shape index (κ2) is 4.33. The molecule has 1 aliphatic heterocycles. The quantitative estimate of drug-likeness (QED) is 0.599. The number of benzene rings is 1. The molecule has 78 valence electrons. The van der Waals surface area contributed by atoms with Crippen LogP contribution in [0.15, 0.2) is 28.1 Å². The summed E-state index contributed by atoms with van der Waals surface area (Å²) in [5.74, 6) is 0. The highest BCUT2D eigenvalue weighted by molar-refractivity contribution is 7.98. The highest BCUT2D eigenvalue weighted by atomic mass is 32.2. The van der Waals surface area contributed by atoms with E-state index in [0.29, 0.717) is 6.54 Å². The molecule has 1 heterocycles. The minimum atomic E-state index is 0.588. The fraction of sp³-hybridized carbons (Fsp3) is 0.273. The van der Waals surface area contributed by atoms with E-state index in [1.165, 1.54) is 4.90 Å². The third-order valence-electron chi connectivity index (χ3n) is 2.35. The number of hydrogen-bond acceptors (Lipinski definition) is 3. The number of thiocarbonyl (C=S) groups is 1.